The van der Waals surface area contributed by atoms with Crippen LogP contribution in [0.5, 0.6) is 0 Å². The van der Waals surface area contributed by atoms with Crippen LogP contribution >= 0.6 is 0 Å². The SMILES string of the molecule is CCCCCC/C=C(\CNc1ccc(C(=O)O)cc1)c1ccc2c(c1)C(C)(C)CCC2(C)C. The molecule has 178 valence electrons. The highest BCUT2D eigenvalue weighted by Crippen LogP contribution is 2.46. The van der Waals surface area contributed by atoms with Gasteiger partial charge in [-0.2, -0.15) is 0 Å². The van der Waals surface area contributed by atoms with Crippen molar-refractivity contribution in [1.82, 2.24) is 0 Å². The van der Waals surface area contributed by atoms with E-state index < -0.39 is 5.97 Å². The monoisotopic (exact) mass is 447 g/mol. The normalized spacial score (nSPS) is 16.8. The number of fused-ring (bicyclic) bond motifs is 1. The van der Waals surface area contributed by atoms with Crippen LogP contribution in [0.25, 0.3) is 5.57 Å². The first-order chi connectivity index (χ1) is 15.6. The summed E-state index contributed by atoms with van der Waals surface area (Å²) in [6, 6.07) is 14.1. The van der Waals surface area contributed by atoms with Gasteiger partial charge in [0.15, 0.2) is 0 Å². The van der Waals surface area contributed by atoms with E-state index in [1.54, 1.807) is 12.1 Å². The van der Waals surface area contributed by atoms with Crippen molar-refractivity contribution in [3.05, 3.63) is 70.8 Å². The summed E-state index contributed by atoms with van der Waals surface area (Å²) < 4.78 is 0. The van der Waals surface area contributed by atoms with Crippen LogP contribution in [0.1, 0.15) is 107 Å². The van der Waals surface area contributed by atoms with E-state index in [0.717, 1.165) is 18.7 Å². The van der Waals surface area contributed by atoms with Gasteiger partial charge < -0.3 is 10.4 Å². The van der Waals surface area contributed by atoms with Crippen molar-refractivity contribution in [2.75, 3.05) is 11.9 Å². The van der Waals surface area contributed by atoms with Gasteiger partial charge in [0.2, 0.25) is 0 Å². The van der Waals surface area contributed by atoms with Gasteiger partial charge in [-0.25, -0.2) is 4.79 Å². The second-order valence-electron chi connectivity index (χ2n) is 10.8. The molecule has 0 spiro atoms. The third-order valence-corrected chi connectivity index (χ3v) is 7.29. The molecule has 0 aromatic heterocycles. The average Bonchev–Trinajstić information content (AvgIpc) is 2.79. The Bertz CT molecular complexity index is 983. The average molecular weight is 448 g/mol. The number of aromatic carboxylic acids is 1. The summed E-state index contributed by atoms with van der Waals surface area (Å²) in [5, 5.41) is 12.7. The van der Waals surface area contributed by atoms with Gasteiger partial charge in [0.25, 0.3) is 0 Å². The first-order valence-electron chi connectivity index (χ1n) is 12.6. The molecule has 0 radical (unpaired) electrons. The fraction of sp³-hybridized carbons (Fsp3) is 0.500. The number of hydrogen-bond donors (Lipinski definition) is 2. The van der Waals surface area contributed by atoms with Crippen molar-refractivity contribution in [2.24, 2.45) is 0 Å². The summed E-state index contributed by atoms with van der Waals surface area (Å²) in [5.41, 5.74) is 7.24. The van der Waals surface area contributed by atoms with Crippen LogP contribution in [-0.2, 0) is 10.8 Å². The maximum atomic E-state index is 11.1. The van der Waals surface area contributed by atoms with E-state index in [0.29, 0.717) is 5.56 Å². The van der Waals surface area contributed by atoms with E-state index in [4.69, 9.17) is 5.11 Å². The second kappa shape index (κ2) is 10.6. The summed E-state index contributed by atoms with van der Waals surface area (Å²) >= 11 is 0. The van der Waals surface area contributed by atoms with Crippen LogP contribution in [0.15, 0.2) is 48.5 Å². The number of anilines is 1. The highest BCUT2D eigenvalue weighted by atomic mass is 16.4. The summed E-state index contributed by atoms with van der Waals surface area (Å²) in [5.74, 6) is -0.895. The first-order valence-corrected chi connectivity index (χ1v) is 12.6. The zero-order valence-electron chi connectivity index (χ0n) is 21.1. The molecule has 2 aromatic carbocycles. The van der Waals surface area contributed by atoms with Gasteiger partial charge in [0, 0.05) is 12.2 Å². The summed E-state index contributed by atoms with van der Waals surface area (Å²) in [6.45, 7) is 12.5. The van der Waals surface area contributed by atoms with Gasteiger partial charge in [-0.15, -0.1) is 0 Å². The fourth-order valence-corrected chi connectivity index (χ4v) is 4.86. The third-order valence-electron chi connectivity index (χ3n) is 7.29. The molecule has 2 aromatic rings. The van der Waals surface area contributed by atoms with Crippen molar-refractivity contribution in [2.45, 2.75) is 90.4 Å². The predicted octanol–water partition coefficient (Wildman–Crippen LogP) is 8.20. The molecule has 0 heterocycles. The Labute approximate surface area is 200 Å². The Kier molecular flexibility index (Phi) is 8.05. The number of hydrogen-bond acceptors (Lipinski definition) is 2. The number of unbranched alkanes of at least 4 members (excludes halogenated alkanes) is 4. The molecule has 0 amide bonds. The number of nitrogens with one attached hydrogen (secondary N) is 1. The maximum Gasteiger partial charge on any atom is 0.335 e. The molecule has 3 nitrogen and oxygen atoms in total. The van der Waals surface area contributed by atoms with Crippen LogP contribution in [0, 0.1) is 0 Å². The highest BCUT2D eigenvalue weighted by molar-refractivity contribution is 5.88. The van der Waals surface area contributed by atoms with E-state index in [-0.39, 0.29) is 10.8 Å². The Hall–Kier alpha value is -2.55. The molecule has 0 saturated carbocycles. The minimum atomic E-state index is -0.895. The molecule has 0 aliphatic heterocycles. The lowest BCUT2D eigenvalue weighted by molar-refractivity contribution is 0.0697. The Morgan fingerprint density at radius 3 is 2.18 bits per heavy atom. The highest BCUT2D eigenvalue weighted by Gasteiger charge is 2.37. The Morgan fingerprint density at radius 2 is 1.55 bits per heavy atom. The van der Waals surface area contributed by atoms with Gasteiger partial charge in [0.05, 0.1) is 5.56 Å². The Morgan fingerprint density at radius 1 is 0.909 bits per heavy atom. The molecule has 0 fully saturated rings. The summed E-state index contributed by atoms with van der Waals surface area (Å²) in [6.07, 6.45) is 10.9. The second-order valence-corrected chi connectivity index (χ2v) is 10.8. The molecule has 1 aliphatic carbocycles. The predicted molar refractivity (Wildman–Crippen MR) is 140 cm³/mol. The largest absolute Gasteiger partial charge is 0.478 e. The lowest BCUT2D eigenvalue weighted by Crippen LogP contribution is -2.33. The van der Waals surface area contributed by atoms with Gasteiger partial charge in [-0.3, -0.25) is 0 Å². The van der Waals surface area contributed by atoms with Crippen LogP contribution in [0.3, 0.4) is 0 Å². The van der Waals surface area contributed by atoms with Crippen molar-refractivity contribution in [1.29, 1.82) is 0 Å². The molecule has 0 atom stereocenters. The number of carboxylic acids is 1. The third kappa shape index (κ3) is 6.28. The molecule has 0 bridgehead atoms. The first kappa shape index (κ1) is 25.1. The fourth-order valence-electron chi connectivity index (χ4n) is 4.86. The van der Waals surface area contributed by atoms with Crippen molar-refractivity contribution in [3.63, 3.8) is 0 Å². The van der Waals surface area contributed by atoms with Crippen molar-refractivity contribution >= 4 is 17.2 Å². The molecule has 0 unspecified atom stereocenters. The molecule has 0 saturated heterocycles. The van der Waals surface area contributed by atoms with E-state index in [9.17, 15) is 4.79 Å². The van der Waals surface area contributed by atoms with Crippen molar-refractivity contribution < 1.29 is 9.90 Å². The lowest BCUT2D eigenvalue weighted by Gasteiger charge is -2.42. The molecular weight excluding hydrogens is 406 g/mol. The molecule has 3 rings (SSSR count). The zero-order chi connectivity index (χ0) is 24.1. The smallest absolute Gasteiger partial charge is 0.335 e. The number of carboxylic acid groups (broad SMARTS) is 1. The van der Waals surface area contributed by atoms with E-state index in [2.05, 4.69) is 64.2 Å². The van der Waals surface area contributed by atoms with Crippen LogP contribution < -0.4 is 5.32 Å². The number of rotatable bonds is 10. The molecule has 2 N–H and O–H groups in total. The zero-order valence-corrected chi connectivity index (χ0v) is 21.1. The topological polar surface area (TPSA) is 49.3 Å². The quantitative estimate of drug-likeness (QED) is 0.361. The maximum absolute atomic E-state index is 11.1. The van der Waals surface area contributed by atoms with E-state index >= 15 is 0 Å². The molecular formula is C30H41NO2. The van der Waals surface area contributed by atoms with Gasteiger partial charge in [-0.05, 0) is 83.0 Å². The Balaban J connectivity index is 1.86. The number of allylic oxidation sites excluding steroid dienone is 1. The number of carbonyl (C=O) groups is 1. The summed E-state index contributed by atoms with van der Waals surface area (Å²) in [7, 11) is 0. The lowest BCUT2D eigenvalue weighted by atomic mass is 9.63. The van der Waals surface area contributed by atoms with Gasteiger partial charge in [-0.1, -0.05) is 78.2 Å². The van der Waals surface area contributed by atoms with Crippen LogP contribution in [-0.4, -0.2) is 17.6 Å². The van der Waals surface area contributed by atoms with Gasteiger partial charge in [0.1, 0.15) is 0 Å². The minimum Gasteiger partial charge on any atom is -0.478 e. The molecule has 3 heteroatoms. The van der Waals surface area contributed by atoms with E-state index in [1.165, 1.54) is 60.8 Å². The van der Waals surface area contributed by atoms with Crippen LogP contribution in [0.2, 0.25) is 0 Å². The molecule has 33 heavy (non-hydrogen) atoms. The van der Waals surface area contributed by atoms with E-state index in [1.807, 2.05) is 12.1 Å². The van der Waals surface area contributed by atoms with Crippen molar-refractivity contribution in [3.8, 4) is 0 Å². The number of benzene rings is 2. The molecule has 1 aliphatic rings. The standard InChI is InChI=1S/C30H41NO2/c1-6-7-8-9-10-11-24(21-31-25-15-12-22(13-16-25)28(32)33)23-14-17-26-27(20-23)30(4,5)19-18-29(26,2)3/h11-17,20,31H,6-10,18-19,21H2,1-5H3,(H,32,33)/b24-11+. The van der Waals surface area contributed by atoms with Gasteiger partial charge >= 0.3 is 5.97 Å². The summed E-state index contributed by atoms with van der Waals surface area (Å²) in [4.78, 5) is 11.1. The minimum absolute atomic E-state index is 0.188. The van der Waals surface area contributed by atoms with Crippen LogP contribution in [0.4, 0.5) is 5.69 Å².